The van der Waals surface area contributed by atoms with Crippen molar-refractivity contribution in [1.29, 1.82) is 0 Å². The van der Waals surface area contributed by atoms with Gasteiger partial charge in [0.2, 0.25) is 0 Å². The van der Waals surface area contributed by atoms with Crippen LogP contribution in [0.3, 0.4) is 0 Å². The Balaban J connectivity index is 1.56. The molecule has 2 aromatic carbocycles. The van der Waals surface area contributed by atoms with Crippen molar-refractivity contribution >= 4 is 16.6 Å². The van der Waals surface area contributed by atoms with E-state index in [4.69, 9.17) is 14.4 Å². The molecular weight excluding hydrogens is 334 g/mol. The highest BCUT2D eigenvalue weighted by molar-refractivity contribution is 5.92. The molecule has 1 aliphatic carbocycles. The summed E-state index contributed by atoms with van der Waals surface area (Å²) < 4.78 is 5.86. The summed E-state index contributed by atoms with van der Waals surface area (Å²) in [6.07, 6.45) is 6.19. The second-order valence-corrected chi connectivity index (χ2v) is 7.02. The zero-order valence-corrected chi connectivity index (χ0v) is 15.1. The normalized spacial score (nSPS) is 13.5. The number of anilines is 1. The SMILES string of the molecule is c1ccc(CNc2nc(-c3occ4ccccc34)nc3c2CCCC3)cc1. The minimum atomic E-state index is 0.674. The highest BCUT2D eigenvalue weighted by atomic mass is 16.3. The maximum atomic E-state index is 5.86. The Hall–Kier alpha value is -3.14. The molecule has 0 saturated heterocycles. The van der Waals surface area contributed by atoms with Crippen LogP contribution >= 0.6 is 0 Å². The van der Waals surface area contributed by atoms with Crippen molar-refractivity contribution in [3.8, 4) is 11.6 Å². The summed E-state index contributed by atoms with van der Waals surface area (Å²) in [5.41, 5.74) is 3.66. The summed E-state index contributed by atoms with van der Waals surface area (Å²) in [7, 11) is 0. The Morgan fingerprint density at radius 3 is 2.63 bits per heavy atom. The van der Waals surface area contributed by atoms with Crippen LogP contribution in [-0.4, -0.2) is 9.97 Å². The van der Waals surface area contributed by atoms with E-state index in [0.717, 1.165) is 47.4 Å². The number of aromatic nitrogens is 2. The molecule has 134 valence electrons. The number of nitrogens with one attached hydrogen (secondary N) is 1. The zero-order valence-electron chi connectivity index (χ0n) is 15.1. The van der Waals surface area contributed by atoms with Gasteiger partial charge in [-0.05, 0) is 31.2 Å². The van der Waals surface area contributed by atoms with Gasteiger partial charge in [0.15, 0.2) is 11.6 Å². The zero-order chi connectivity index (χ0) is 18.1. The monoisotopic (exact) mass is 355 g/mol. The van der Waals surface area contributed by atoms with Gasteiger partial charge in [0.25, 0.3) is 0 Å². The lowest BCUT2D eigenvalue weighted by atomic mass is 9.96. The Morgan fingerprint density at radius 1 is 0.889 bits per heavy atom. The van der Waals surface area contributed by atoms with E-state index in [1.54, 1.807) is 6.26 Å². The summed E-state index contributed by atoms with van der Waals surface area (Å²) in [6.45, 7) is 0.753. The van der Waals surface area contributed by atoms with E-state index in [2.05, 4.69) is 41.7 Å². The maximum absolute atomic E-state index is 5.86. The molecule has 27 heavy (non-hydrogen) atoms. The number of fused-ring (bicyclic) bond motifs is 2. The van der Waals surface area contributed by atoms with E-state index >= 15 is 0 Å². The molecule has 0 aliphatic heterocycles. The fraction of sp³-hybridized carbons (Fsp3) is 0.217. The van der Waals surface area contributed by atoms with Crippen LogP contribution in [0.15, 0.2) is 65.3 Å². The lowest BCUT2D eigenvalue weighted by Gasteiger charge is -2.19. The first kappa shape index (κ1) is 16.1. The van der Waals surface area contributed by atoms with Crippen LogP contribution in [0.4, 0.5) is 5.82 Å². The summed E-state index contributed by atoms with van der Waals surface area (Å²) in [4.78, 5) is 9.75. The van der Waals surface area contributed by atoms with Crippen molar-refractivity contribution in [3.63, 3.8) is 0 Å². The molecule has 0 unspecified atom stereocenters. The standard InChI is InChI=1S/C23H21N3O/c1-2-8-16(9-3-1)14-24-22-19-12-6-7-13-20(19)25-23(26-22)21-18-11-5-4-10-17(18)15-27-21/h1-5,8-11,15H,6-7,12-14H2,(H,24,25,26). The fourth-order valence-electron chi connectivity index (χ4n) is 3.79. The third-order valence-corrected chi connectivity index (χ3v) is 5.20. The minimum Gasteiger partial charge on any atom is -0.460 e. The highest BCUT2D eigenvalue weighted by Crippen LogP contribution is 2.32. The smallest absolute Gasteiger partial charge is 0.198 e. The lowest BCUT2D eigenvalue weighted by molar-refractivity contribution is 0.579. The van der Waals surface area contributed by atoms with Gasteiger partial charge in [0.05, 0.1) is 6.26 Å². The van der Waals surface area contributed by atoms with Crippen LogP contribution in [0.2, 0.25) is 0 Å². The van der Waals surface area contributed by atoms with Crippen LogP contribution in [0, 0.1) is 0 Å². The van der Waals surface area contributed by atoms with Gasteiger partial charge in [-0.3, -0.25) is 0 Å². The molecule has 0 radical (unpaired) electrons. The van der Waals surface area contributed by atoms with Crippen molar-refractivity contribution in [2.24, 2.45) is 0 Å². The Kier molecular flexibility index (Phi) is 4.09. The van der Waals surface area contributed by atoms with Gasteiger partial charge in [-0.25, -0.2) is 9.97 Å². The van der Waals surface area contributed by atoms with Crippen molar-refractivity contribution in [2.45, 2.75) is 32.2 Å². The first-order valence-corrected chi connectivity index (χ1v) is 9.53. The van der Waals surface area contributed by atoms with Crippen LogP contribution in [0.25, 0.3) is 22.4 Å². The predicted octanol–water partition coefficient (Wildman–Crippen LogP) is 5.38. The minimum absolute atomic E-state index is 0.674. The number of rotatable bonds is 4. The van der Waals surface area contributed by atoms with Gasteiger partial charge in [0.1, 0.15) is 5.82 Å². The van der Waals surface area contributed by atoms with Gasteiger partial charge in [-0.15, -0.1) is 0 Å². The quantitative estimate of drug-likeness (QED) is 0.534. The Morgan fingerprint density at radius 2 is 1.70 bits per heavy atom. The third kappa shape index (κ3) is 3.08. The second kappa shape index (κ2) is 6.88. The summed E-state index contributed by atoms with van der Waals surface area (Å²) >= 11 is 0. The molecule has 0 atom stereocenters. The number of hydrogen-bond acceptors (Lipinski definition) is 4. The average molecular weight is 355 g/mol. The average Bonchev–Trinajstić information content (AvgIpc) is 3.17. The van der Waals surface area contributed by atoms with E-state index in [1.165, 1.54) is 24.0 Å². The van der Waals surface area contributed by atoms with Crippen LogP contribution in [-0.2, 0) is 19.4 Å². The molecule has 4 heteroatoms. The number of aryl methyl sites for hydroxylation is 1. The van der Waals surface area contributed by atoms with Gasteiger partial charge in [-0.1, -0.05) is 54.6 Å². The van der Waals surface area contributed by atoms with Crippen LogP contribution in [0.5, 0.6) is 0 Å². The van der Waals surface area contributed by atoms with Crippen LogP contribution < -0.4 is 5.32 Å². The first-order chi connectivity index (χ1) is 13.4. The second-order valence-electron chi connectivity index (χ2n) is 7.02. The molecule has 5 rings (SSSR count). The number of hydrogen-bond donors (Lipinski definition) is 1. The van der Waals surface area contributed by atoms with Crippen molar-refractivity contribution < 1.29 is 4.42 Å². The Labute approximate surface area is 158 Å². The molecule has 0 spiro atoms. The van der Waals surface area contributed by atoms with Crippen LogP contribution in [0.1, 0.15) is 29.7 Å². The van der Waals surface area contributed by atoms with E-state index in [1.807, 2.05) is 18.2 Å². The van der Waals surface area contributed by atoms with Crippen molar-refractivity contribution in [1.82, 2.24) is 9.97 Å². The van der Waals surface area contributed by atoms with E-state index in [0.29, 0.717) is 5.82 Å². The molecule has 0 saturated carbocycles. The van der Waals surface area contributed by atoms with E-state index in [-0.39, 0.29) is 0 Å². The van der Waals surface area contributed by atoms with Crippen molar-refractivity contribution in [3.05, 3.63) is 77.7 Å². The molecule has 2 heterocycles. The summed E-state index contributed by atoms with van der Waals surface area (Å²) in [5, 5.41) is 5.68. The summed E-state index contributed by atoms with van der Waals surface area (Å²) in [6, 6.07) is 18.6. The van der Waals surface area contributed by atoms with Gasteiger partial charge < -0.3 is 9.73 Å². The topological polar surface area (TPSA) is 51.0 Å². The molecule has 1 aliphatic rings. The number of nitrogens with zero attached hydrogens (tertiary/aromatic N) is 2. The van der Waals surface area contributed by atoms with Gasteiger partial charge in [-0.2, -0.15) is 0 Å². The molecule has 0 bridgehead atoms. The largest absolute Gasteiger partial charge is 0.460 e. The third-order valence-electron chi connectivity index (χ3n) is 5.20. The fourth-order valence-corrected chi connectivity index (χ4v) is 3.79. The molecule has 2 aromatic heterocycles. The molecule has 0 fully saturated rings. The van der Waals surface area contributed by atoms with E-state index < -0.39 is 0 Å². The molecule has 1 N–H and O–H groups in total. The van der Waals surface area contributed by atoms with Crippen molar-refractivity contribution in [2.75, 3.05) is 5.32 Å². The molecular formula is C23H21N3O. The first-order valence-electron chi connectivity index (χ1n) is 9.53. The van der Waals surface area contributed by atoms with Gasteiger partial charge in [0, 0.05) is 28.6 Å². The number of benzene rings is 2. The van der Waals surface area contributed by atoms with Gasteiger partial charge >= 0.3 is 0 Å². The number of furan rings is 1. The molecule has 4 aromatic rings. The summed E-state index contributed by atoms with van der Waals surface area (Å²) in [5.74, 6) is 2.37. The highest BCUT2D eigenvalue weighted by Gasteiger charge is 2.20. The van der Waals surface area contributed by atoms with E-state index in [9.17, 15) is 0 Å². The molecule has 4 nitrogen and oxygen atoms in total. The Bertz CT molecular complexity index is 1090. The molecule has 0 amide bonds. The predicted molar refractivity (Wildman–Crippen MR) is 108 cm³/mol. The lowest BCUT2D eigenvalue weighted by Crippen LogP contribution is -2.13. The maximum Gasteiger partial charge on any atom is 0.198 e.